The van der Waals surface area contributed by atoms with Gasteiger partial charge in [0, 0.05) is 10.7 Å². The number of hydrogen-bond acceptors (Lipinski definition) is 4. The number of carbonyl (C=O) groups is 2. The van der Waals surface area contributed by atoms with Crippen LogP contribution in [0.3, 0.4) is 0 Å². The number of anilines is 2. The van der Waals surface area contributed by atoms with Crippen LogP contribution in [0.4, 0.5) is 11.4 Å². The van der Waals surface area contributed by atoms with E-state index in [1.165, 1.54) is 4.90 Å². The molecule has 0 saturated carbocycles. The largest absolute Gasteiger partial charge is 0.494 e. The van der Waals surface area contributed by atoms with E-state index in [4.69, 9.17) is 16.3 Å². The smallest absolute Gasteiger partial charge is 0.282 e. The second-order valence-corrected chi connectivity index (χ2v) is 8.43. The van der Waals surface area contributed by atoms with Crippen LogP contribution in [0.2, 0.25) is 5.02 Å². The third-order valence-electron chi connectivity index (χ3n) is 5.41. The van der Waals surface area contributed by atoms with Crippen LogP contribution in [0.1, 0.15) is 30.0 Å². The predicted molar refractivity (Wildman–Crippen MR) is 133 cm³/mol. The molecule has 33 heavy (non-hydrogen) atoms. The van der Waals surface area contributed by atoms with E-state index >= 15 is 0 Å². The van der Waals surface area contributed by atoms with Gasteiger partial charge >= 0.3 is 0 Å². The molecule has 4 rings (SSSR count). The first-order valence-corrected chi connectivity index (χ1v) is 11.2. The Hall–Kier alpha value is -3.57. The van der Waals surface area contributed by atoms with Gasteiger partial charge in [-0.3, -0.25) is 9.59 Å². The molecule has 2 amide bonds. The lowest BCUT2D eigenvalue weighted by molar-refractivity contribution is -0.120. The molecule has 168 valence electrons. The quantitative estimate of drug-likeness (QED) is 0.430. The summed E-state index contributed by atoms with van der Waals surface area (Å²) in [4.78, 5) is 28.3. The van der Waals surface area contributed by atoms with Crippen molar-refractivity contribution in [1.29, 1.82) is 0 Å². The zero-order valence-corrected chi connectivity index (χ0v) is 19.6. The molecule has 6 heteroatoms. The lowest BCUT2D eigenvalue weighted by Crippen LogP contribution is -2.32. The molecule has 0 saturated heterocycles. The van der Waals surface area contributed by atoms with E-state index in [2.05, 4.69) is 5.32 Å². The van der Waals surface area contributed by atoms with Crippen molar-refractivity contribution in [3.8, 4) is 5.75 Å². The van der Waals surface area contributed by atoms with E-state index in [9.17, 15) is 9.59 Å². The van der Waals surface area contributed by atoms with E-state index in [0.717, 1.165) is 23.3 Å². The van der Waals surface area contributed by atoms with Crippen molar-refractivity contribution in [3.05, 3.63) is 94.1 Å². The van der Waals surface area contributed by atoms with Gasteiger partial charge in [-0.05, 0) is 79.4 Å². The number of halogens is 1. The van der Waals surface area contributed by atoms with Gasteiger partial charge in [-0.1, -0.05) is 42.8 Å². The molecule has 0 aromatic heterocycles. The van der Waals surface area contributed by atoms with Gasteiger partial charge in [0.15, 0.2) is 0 Å². The van der Waals surface area contributed by atoms with Crippen molar-refractivity contribution in [2.45, 2.75) is 27.2 Å². The molecule has 1 heterocycles. The Morgan fingerprint density at radius 3 is 2.36 bits per heavy atom. The van der Waals surface area contributed by atoms with Crippen LogP contribution in [-0.2, 0) is 9.59 Å². The average molecular weight is 461 g/mol. The fourth-order valence-corrected chi connectivity index (χ4v) is 3.98. The number of ether oxygens (including phenoxy) is 1. The van der Waals surface area contributed by atoms with Gasteiger partial charge in [-0.15, -0.1) is 0 Å². The first-order chi connectivity index (χ1) is 15.9. The lowest BCUT2D eigenvalue weighted by atomic mass is 10.0. The van der Waals surface area contributed by atoms with Crippen LogP contribution in [0.15, 0.2) is 72.4 Å². The second kappa shape index (κ2) is 9.51. The van der Waals surface area contributed by atoms with Crippen LogP contribution in [0.25, 0.3) is 5.57 Å². The highest BCUT2D eigenvalue weighted by Gasteiger charge is 2.40. The number of imide groups is 1. The standard InChI is InChI=1S/C27H25ClN2O3/c1-4-14-33-22-11-8-19(9-12-22)24-25(29-23-13-10-20(28)16-18(23)3)27(32)30(26(24)31)21-7-5-6-17(2)15-21/h5-13,15-16,29H,4,14H2,1-3H3. The molecule has 0 unspecified atom stereocenters. The second-order valence-electron chi connectivity index (χ2n) is 7.99. The Bertz CT molecular complexity index is 1250. The maximum Gasteiger partial charge on any atom is 0.282 e. The molecule has 5 nitrogen and oxygen atoms in total. The normalized spacial score (nSPS) is 13.6. The van der Waals surface area contributed by atoms with E-state index < -0.39 is 5.91 Å². The highest BCUT2D eigenvalue weighted by molar-refractivity contribution is 6.46. The van der Waals surface area contributed by atoms with E-state index in [0.29, 0.717) is 34.1 Å². The number of hydrogen-bond donors (Lipinski definition) is 1. The van der Waals surface area contributed by atoms with Gasteiger partial charge in [0.05, 0.1) is 17.9 Å². The minimum atomic E-state index is -0.402. The zero-order chi connectivity index (χ0) is 23.5. The van der Waals surface area contributed by atoms with Gasteiger partial charge in [0.25, 0.3) is 11.8 Å². The van der Waals surface area contributed by atoms with E-state index in [-0.39, 0.29) is 11.6 Å². The van der Waals surface area contributed by atoms with Crippen molar-refractivity contribution < 1.29 is 14.3 Å². The minimum absolute atomic E-state index is 0.231. The van der Waals surface area contributed by atoms with E-state index in [1.54, 1.807) is 18.2 Å². The Morgan fingerprint density at radius 1 is 0.939 bits per heavy atom. The monoisotopic (exact) mass is 460 g/mol. The first-order valence-electron chi connectivity index (χ1n) is 10.8. The molecule has 0 radical (unpaired) electrons. The Morgan fingerprint density at radius 2 is 1.70 bits per heavy atom. The van der Waals surface area contributed by atoms with Crippen molar-refractivity contribution in [1.82, 2.24) is 0 Å². The molecular weight excluding hydrogens is 436 g/mol. The van der Waals surface area contributed by atoms with Crippen LogP contribution in [0, 0.1) is 13.8 Å². The van der Waals surface area contributed by atoms with Gasteiger partial charge in [0.2, 0.25) is 0 Å². The van der Waals surface area contributed by atoms with E-state index in [1.807, 2.05) is 69.3 Å². The minimum Gasteiger partial charge on any atom is -0.494 e. The topological polar surface area (TPSA) is 58.6 Å². The number of nitrogens with zero attached hydrogens (tertiary/aromatic N) is 1. The molecule has 0 atom stereocenters. The summed E-state index contributed by atoms with van der Waals surface area (Å²) in [5.41, 5.74) is 4.26. The van der Waals surface area contributed by atoms with Crippen molar-refractivity contribution in [2.24, 2.45) is 0 Å². The van der Waals surface area contributed by atoms with Crippen LogP contribution in [0.5, 0.6) is 5.75 Å². The third kappa shape index (κ3) is 4.64. The van der Waals surface area contributed by atoms with Crippen molar-refractivity contribution in [3.63, 3.8) is 0 Å². The van der Waals surface area contributed by atoms with Gasteiger partial charge in [0.1, 0.15) is 11.4 Å². The summed E-state index contributed by atoms with van der Waals surface area (Å²) in [5, 5.41) is 3.81. The maximum atomic E-state index is 13.6. The average Bonchev–Trinajstić information content (AvgIpc) is 3.04. The van der Waals surface area contributed by atoms with Gasteiger partial charge in [-0.2, -0.15) is 0 Å². The number of rotatable bonds is 7. The third-order valence-corrected chi connectivity index (χ3v) is 5.64. The Balaban J connectivity index is 1.78. The zero-order valence-electron chi connectivity index (χ0n) is 18.8. The summed E-state index contributed by atoms with van der Waals surface area (Å²) in [6.07, 6.45) is 0.903. The summed E-state index contributed by atoms with van der Waals surface area (Å²) >= 11 is 6.10. The molecule has 0 aliphatic carbocycles. The molecular formula is C27H25ClN2O3. The van der Waals surface area contributed by atoms with Crippen LogP contribution >= 0.6 is 11.6 Å². The molecule has 3 aromatic rings. The molecule has 3 aromatic carbocycles. The summed E-state index contributed by atoms with van der Waals surface area (Å²) in [6.45, 7) is 6.48. The number of aryl methyl sites for hydroxylation is 2. The molecule has 0 fully saturated rings. The SMILES string of the molecule is CCCOc1ccc(C2=C(Nc3ccc(Cl)cc3C)C(=O)N(c3cccc(C)c3)C2=O)cc1. The van der Waals surface area contributed by atoms with Crippen LogP contribution in [-0.4, -0.2) is 18.4 Å². The highest BCUT2D eigenvalue weighted by Crippen LogP contribution is 2.35. The molecule has 1 aliphatic rings. The number of carbonyl (C=O) groups excluding carboxylic acids is 2. The summed E-state index contributed by atoms with van der Waals surface area (Å²) in [6, 6.07) is 19.9. The molecule has 1 aliphatic heterocycles. The first kappa shape index (κ1) is 22.6. The summed E-state index contributed by atoms with van der Waals surface area (Å²) in [7, 11) is 0. The number of nitrogens with one attached hydrogen (secondary N) is 1. The molecule has 0 bridgehead atoms. The summed E-state index contributed by atoms with van der Waals surface area (Å²) in [5.74, 6) is -0.0558. The lowest BCUT2D eigenvalue weighted by Gasteiger charge is -2.16. The number of amides is 2. The fraction of sp³-hybridized carbons (Fsp3) is 0.185. The maximum absolute atomic E-state index is 13.6. The predicted octanol–water partition coefficient (Wildman–Crippen LogP) is 6.14. The van der Waals surface area contributed by atoms with Gasteiger partial charge in [-0.25, -0.2) is 4.90 Å². The van der Waals surface area contributed by atoms with Crippen LogP contribution < -0.4 is 15.0 Å². The molecule has 0 spiro atoms. The summed E-state index contributed by atoms with van der Waals surface area (Å²) < 4.78 is 5.67. The number of benzene rings is 3. The fourth-order valence-electron chi connectivity index (χ4n) is 3.75. The Kier molecular flexibility index (Phi) is 6.52. The van der Waals surface area contributed by atoms with Crippen molar-refractivity contribution in [2.75, 3.05) is 16.8 Å². The highest BCUT2D eigenvalue weighted by atomic mass is 35.5. The molecule has 1 N–H and O–H groups in total. The Labute approximate surface area is 198 Å². The van der Waals surface area contributed by atoms with Crippen molar-refractivity contribution >= 4 is 40.4 Å². The van der Waals surface area contributed by atoms with Gasteiger partial charge < -0.3 is 10.1 Å².